The molecule has 5 rings (SSSR count). The molecule has 1 amide bonds. The smallest absolute Gasteiger partial charge is 0.257 e. The first-order chi connectivity index (χ1) is 15.0. The van der Waals surface area contributed by atoms with Gasteiger partial charge in [0, 0.05) is 25.3 Å². The molecule has 2 aromatic carbocycles. The van der Waals surface area contributed by atoms with Crippen LogP contribution in [-0.2, 0) is 26.0 Å². The number of aromatic nitrogens is 1. The Morgan fingerprint density at radius 2 is 1.90 bits per heavy atom. The minimum absolute atomic E-state index is 0.00668. The molecule has 31 heavy (non-hydrogen) atoms. The van der Waals surface area contributed by atoms with Gasteiger partial charge in [-0.15, -0.1) is 0 Å². The van der Waals surface area contributed by atoms with Crippen molar-refractivity contribution >= 4 is 44.5 Å². The Bertz CT molecular complexity index is 1230. The van der Waals surface area contributed by atoms with E-state index in [1.54, 1.807) is 11.0 Å². The Morgan fingerprint density at radius 3 is 2.74 bits per heavy atom. The maximum Gasteiger partial charge on any atom is 0.257 e. The van der Waals surface area contributed by atoms with E-state index >= 15 is 0 Å². The molecule has 10 heteroatoms. The van der Waals surface area contributed by atoms with Crippen LogP contribution in [0.25, 0.3) is 11.1 Å². The lowest BCUT2D eigenvalue weighted by atomic mass is 10.2. The molecule has 1 saturated heterocycles. The first-order valence-corrected chi connectivity index (χ1v) is 12.4. The van der Waals surface area contributed by atoms with Crippen LogP contribution in [0.3, 0.4) is 0 Å². The van der Waals surface area contributed by atoms with Gasteiger partial charge in [0.2, 0.25) is 15.9 Å². The van der Waals surface area contributed by atoms with Gasteiger partial charge in [-0.1, -0.05) is 30.0 Å². The molecule has 8 nitrogen and oxygen atoms in total. The number of hydrogen-bond donors (Lipinski definition) is 0. The number of carbonyl (C=O) groups is 1. The Morgan fingerprint density at radius 1 is 1.10 bits per heavy atom. The van der Waals surface area contributed by atoms with Crippen LogP contribution in [-0.4, -0.2) is 62.2 Å². The first-order valence-electron chi connectivity index (χ1n) is 10.0. The van der Waals surface area contributed by atoms with Crippen LogP contribution in [0.15, 0.2) is 57.0 Å². The van der Waals surface area contributed by atoms with Crippen molar-refractivity contribution in [3.63, 3.8) is 0 Å². The standard InChI is InChI=1S/C21H21N3O5S2/c25-20(24-8-7-15-3-1-2-4-18(15)24)14-30-21-22-17-13-16(5-6-19(17)29-21)31(26,27)23-9-11-28-12-10-23/h1-6,13H,7-12,14H2. The molecule has 0 saturated carbocycles. The largest absolute Gasteiger partial charge is 0.431 e. The summed E-state index contributed by atoms with van der Waals surface area (Å²) in [7, 11) is -3.61. The lowest BCUT2D eigenvalue weighted by molar-refractivity contribution is -0.116. The quantitative estimate of drug-likeness (QED) is 0.541. The number of amides is 1. The molecule has 0 unspecified atom stereocenters. The summed E-state index contributed by atoms with van der Waals surface area (Å²) in [4.78, 5) is 19.1. The Hall–Kier alpha value is -2.40. The van der Waals surface area contributed by atoms with Gasteiger partial charge in [0.1, 0.15) is 5.52 Å². The number of carbonyl (C=O) groups excluding carboxylic acids is 1. The zero-order valence-electron chi connectivity index (χ0n) is 16.7. The van der Waals surface area contributed by atoms with Crippen molar-refractivity contribution in [2.45, 2.75) is 16.5 Å². The highest BCUT2D eigenvalue weighted by Crippen LogP contribution is 2.30. The molecule has 162 valence electrons. The average molecular weight is 460 g/mol. The first kappa shape index (κ1) is 20.5. The second-order valence-electron chi connectivity index (χ2n) is 7.34. The van der Waals surface area contributed by atoms with Crippen LogP contribution in [0, 0.1) is 0 Å². The van der Waals surface area contributed by atoms with Gasteiger partial charge in [0.05, 0.1) is 23.9 Å². The number of sulfonamides is 1. The number of anilines is 1. The van der Waals surface area contributed by atoms with Crippen LogP contribution in [0.5, 0.6) is 0 Å². The van der Waals surface area contributed by atoms with Crippen LogP contribution in [0.4, 0.5) is 5.69 Å². The maximum atomic E-state index is 12.9. The molecule has 1 aromatic heterocycles. The number of para-hydroxylation sites is 1. The fourth-order valence-corrected chi connectivity index (χ4v) is 5.99. The van der Waals surface area contributed by atoms with Gasteiger partial charge < -0.3 is 14.1 Å². The van der Waals surface area contributed by atoms with Crippen molar-refractivity contribution in [3.05, 3.63) is 48.0 Å². The van der Waals surface area contributed by atoms with E-state index in [4.69, 9.17) is 9.15 Å². The molecule has 1 fully saturated rings. The van der Waals surface area contributed by atoms with Crippen molar-refractivity contribution in [2.75, 3.05) is 43.5 Å². The van der Waals surface area contributed by atoms with Crippen molar-refractivity contribution < 1.29 is 22.4 Å². The summed E-state index contributed by atoms with van der Waals surface area (Å²) in [5.41, 5.74) is 3.08. The highest BCUT2D eigenvalue weighted by Gasteiger charge is 2.27. The van der Waals surface area contributed by atoms with Crippen molar-refractivity contribution in [1.29, 1.82) is 0 Å². The van der Waals surface area contributed by atoms with E-state index in [1.807, 2.05) is 24.3 Å². The van der Waals surface area contributed by atoms with Crippen molar-refractivity contribution in [1.82, 2.24) is 9.29 Å². The summed E-state index contributed by atoms with van der Waals surface area (Å²) in [5, 5.41) is 0.344. The van der Waals surface area contributed by atoms with Crippen molar-refractivity contribution in [3.8, 4) is 0 Å². The van der Waals surface area contributed by atoms with E-state index in [0.29, 0.717) is 49.2 Å². The van der Waals surface area contributed by atoms with E-state index in [0.717, 1.165) is 12.1 Å². The fraction of sp³-hybridized carbons (Fsp3) is 0.333. The summed E-state index contributed by atoms with van der Waals surface area (Å²) in [5.74, 6) is 0.188. The minimum atomic E-state index is -3.61. The Labute approximate surface area is 184 Å². The average Bonchev–Trinajstić information content (AvgIpc) is 3.41. The zero-order valence-corrected chi connectivity index (χ0v) is 18.3. The molecule has 0 aliphatic carbocycles. The highest BCUT2D eigenvalue weighted by atomic mass is 32.2. The summed E-state index contributed by atoms with van der Waals surface area (Å²) < 4.78 is 38.1. The molecule has 3 heterocycles. The number of oxazole rings is 1. The van der Waals surface area contributed by atoms with Crippen molar-refractivity contribution in [2.24, 2.45) is 0 Å². The molecular weight excluding hydrogens is 438 g/mol. The Kier molecular flexibility index (Phi) is 5.47. The van der Waals surface area contributed by atoms with Gasteiger partial charge >= 0.3 is 0 Å². The predicted octanol–water partition coefficient (Wildman–Crippen LogP) is 2.53. The van der Waals surface area contributed by atoms with E-state index in [2.05, 4.69) is 4.98 Å². The molecule has 0 N–H and O–H groups in total. The molecule has 0 atom stereocenters. The van der Waals surface area contributed by atoms with Gasteiger partial charge in [0.15, 0.2) is 5.58 Å². The van der Waals surface area contributed by atoms with Gasteiger partial charge in [-0.2, -0.15) is 4.31 Å². The molecule has 3 aromatic rings. The molecule has 2 aliphatic heterocycles. The number of hydrogen-bond acceptors (Lipinski definition) is 7. The second-order valence-corrected chi connectivity index (χ2v) is 10.2. The zero-order chi connectivity index (χ0) is 21.4. The van der Waals surface area contributed by atoms with Crippen LogP contribution in [0.2, 0.25) is 0 Å². The summed E-state index contributed by atoms with van der Waals surface area (Å²) >= 11 is 1.21. The van der Waals surface area contributed by atoms with E-state index < -0.39 is 10.0 Å². The van der Waals surface area contributed by atoms with Crippen LogP contribution in [0.1, 0.15) is 5.56 Å². The van der Waals surface area contributed by atoms with E-state index in [9.17, 15) is 13.2 Å². The van der Waals surface area contributed by atoms with E-state index in [1.165, 1.54) is 33.8 Å². The topological polar surface area (TPSA) is 92.9 Å². The lowest BCUT2D eigenvalue weighted by Crippen LogP contribution is -2.40. The van der Waals surface area contributed by atoms with E-state index in [-0.39, 0.29) is 16.6 Å². The summed E-state index contributed by atoms with van der Waals surface area (Å²) in [6.07, 6.45) is 0.857. The number of morpholine rings is 1. The normalized spacial score (nSPS) is 17.2. The van der Waals surface area contributed by atoms with Gasteiger partial charge in [-0.3, -0.25) is 4.79 Å². The number of ether oxygens (including phenoxy) is 1. The van der Waals surface area contributed by atoms with Crippen LogP contribution < -0.4 is 4.90 Å². The molecule has 2 aliphatic rings. The third kappa shape index (κ3) is 3.96. The summed E-state index contributed by atoms with van der Waals surface area (Å²) in [6.45, 7) is 2.13. The number of thioether (sulfide) groups is 1. The molecular formula is C21H21N3O5S2. The second kappa shape index (κ2) is 8.27. The minimum Gasteiger partial charge on any atom is -0.431 e. The fourth-order valence-electron chi connectivity index (χ4n) is 3.84. The SMILES string of the molecule is O=C(CSc1nc2cc(S(=O)(=O)N3CCOCC3)ccc2o1)N1CCc2ccccc21. The number of rotatable bonds is 5. The number of fused-ring (bicyclic) bond motifs is 2. The third-order valence-electron chi connectivity index (χ3n) is 5.45. The van der Waals surface area contributed by atoms with Gasteiger partial charge in [0.25, 0.3) is 5.22 Å². The molecule has 0 radical (unpaired) electrons. The molecule has 0 bridgehead atoms. The number of benzene rings is 2. The van der Waals surface area contributed by atoms with Gasteiger partial charge in [-0.05, 0) is 36.2 Å². The Balaban J connectivity index is 1.30. The predicted molar refractivity (Wildman–Crippen MR) is 117 cm³/mol. The maximum absolute atomic E-state index is 12.9. The van der Waals surface area contributed by atoms with Gasteiger partial charge in [-0.25, -0.2) is 13.4 Å². The lowest BCUT2D eigenvalue weighted by Gasteiger charge is -2.25. The number of nitrogens with zero attached hydrogens (tertiary/aromatic N) is 3. The monoisotopic (exact) mass is 459 g/mol. The third-order valence-corrected chi connectivity index (χ3v) is 8.16. The molecule has 0 spiro atoms. The highest BCUT2D eigenvalue weighted by molar-refractivity contribution is 7.99. The van der Waals surface area contributed by atoms with Crippen LogP contribution >= 0.6 is 11.8 Å². The summed E-state index contributed by atoms with van der Waals surface area (Å²) in [6, 6.07) is 12.6.